The van der Waals surface area contributed by atoms with Gasteiger partial charge in [-0.25, -0.2) is 9.59 Å². The summed E-state index contributed by atoms with van der Waals surface area (Å²) in [5, 5.41) is 17.3. The van der Waals surface area contributed by atoms with E-state index in [9.17, 15) is 9.59 Å². The van der Waals surface area contributed by atoms with Crippen molar-refractivity contribution in [3.63, 3.8) is 0 Å². The number of carboxylic acids is 2. The molecule has 0 aliphatic rings. The highest BCUT2D eigenvalue weighted by Gasteiger charge is 2.15. The van der Waals surface area contributed by atoms with Gasteiger partial charge < -0.3 is 13.7 Å². The van der Waals surface area contributed by atoms with Crippen molar-refractivity contribution in [1.29, 1.82) is 0 Å². The van der Waals surface area contributed by atoms with E-state index in [0.29, 0.717) is 5.56 Å². The molecule has 0 radical (unpaired) electrons. The summed E-state index contributed by atoms with van der Waals surface area (Å²) < 4.78 is 2.87. The predicted octanol–water partition coefficient (Wildman–Crippen LogP) is 2.00. The number of anilines is 1. The maximum absolute atomic E-state index is 10.6. The van der Waals surface area contributed by atoms with Gasteiger partial charge in [-0.1, -0.05) is 12.1 Å². The minimum absolute atomic E-state index is 0.523. The summed E-state index contributed by atoms with van der Waals surface area (Å²) in [5.41, 5.74) is 0.718. The van der Waals surface area contributed by atoms with Crippen LogP contribution in [0.25, 0.3) is 6.08 Å². The van der Waals surface area contributed by atoms with Crippen molar-refractivity contribution in [1.82, 2.24) is 0 Å². The first-order chi connectivity index (χ1) is 7.54. The first kappa shape index (κ1) is 12.5. The van der Waals surface area contributed by atoms with E-state index in [1.54, 1.807) is 24.3 Å². The number of rotatable bonds is 4. The van der Waals surface area contributed by atoms with Gasteiger partial charge in [-0.3, -0.25) is 0 Å². The molecule has 0 atom stereocenters. The fourth-order valence-corrected chi connectivity index (χ4v) is 1.38. The zero-order valence-corrected chi connectivity index (χ0v) is 10.1. The highest BCUT2D eigenvalue weighted by Crippen LogP contribution is 2.14. The second kappa shape index (κ2) is 5.50. The standard InChI is InChI=1S/C10H8INO4/c11-12-7-3-1-6(2-4-7)5-8(9(13)14)10(15)16/h1-5,12H,(H,13,14)(H,15,16). The van der Waals surface area contributed by atoms with Gasteiger partial charge in [-0.2, -0.15) is 0 Å². The summed E-state index contributed by atoms with van der Waals surface area (Å²) in [6.45, 7) is 0. The Hall–Kier alpha value is -1.57. The van der Waals surface area contributed by atoms with E-state index in [1.807, 2.05) is 22.9 Å². The maximum Gasteiger partial charge on any atom is 0.343 e. The molecule has 0 spiro atoms. The third kappa shape index (κ3) is 3.23. The monoisotopic (exact) mass is 333 g/mol. The molecule has 0 heterocycles. The lowest BCUT2D eigenvalue weighted by Gasteiger charge is -1.99. The number of benzene rings is 1. The molecule has 5 nitrogen and oxygen atoms in total. The summed E-state index contributed by atoms with van der Waals surface area (Å²) in [5.74, 6) is -2.91. The van der Waals surface area contributed by atoms with Crippen LogP contribution in [0.3, 0.4) is 0 Å². The summed E-state index contributed by atoms with van der Waals surface area (Å²) in [7, 11) is 0. The minimum atomic E-state index is -1.46. The lowest BCUT2D eigenvalue weighted by molar-refractivity contribution is -0.139. The summed E-state index contributed by atoms with van der Waals surface area (Å²) in [4.78, 5) is 21.2. The van der Waals surface area contributed by atoms with Crippen molar-refractivity contribution in [3.8, 4) is 0 Å². The van der Waals surface area contributed by atoms with Crippen LogP contribution >= 0.6 is 22.9 Å². The van der Waals surface area contributed by atoms with Crippen LogP contribution in [-0.2, 0) is 9.59 Å². The van der Waals surface area contributed by atoms with E-state index < -0.39 is 17.5 Å². The van der Waals surface area contributed by atoms with Crippen LogP contribution in [0.4, 0.5) is 5.69 Å². The van der Waals surface area contributed by atoms with E-state index >= 15 is 0 Å². The van der Waals surface area contributed by atoms with Crippen LogP contribution in [0.1, 0.15) is 5.56 Å². The fourth-order valence-electron chi connectivity index (χ4n) is 1.02. The maximum atomic E-state index is 10.6. The Bertz CT molecular complexity index is 423. The fraction of sp³-hybridized carbons (Fsp3) is 0. The number of hydrogen-bond donors (Lipinski definition) is 3. The Morgan fingerprint density at radius 2 is 1.62 bits per heavy atom. The van der Waals surface area contributed by atoms with E-state index in [1.165, 1.54) is 0 Å². The Balaban J connectivity index is 3.04. The van der Waals surface area contributed by atoms with Crippen molar-refractivity contribution in [3.05, 3.63) is 35.4 Å². The molecule has 0 aliphatic carbocycles. The summed E-state index contributed by atoms with van der Waals surface area (Å²) >= 11 is 1.96. The molecule has 6 heteroatoms. The zero-order valence-electron chi connectivity index (χ0n) is 7.98. The zero-order chi connectivity index (χ0) is 12.1. The first-order valence-electron chi connectivity index (χ1n) is 4.19. The van der Waals surface area contributed by atoms with Crippen LogP contribution in [0.5, 0.6) is 0 Å². The van der Waals surface area contributed by atoms with Crippen molar-refractivity contribution in [2.75, 3.05) is 3.53 Å². The van der Waals surface area contributed by atoms with Gasteiger partial charge in [0, 0.05) is 5.69 Å². The molecule has 3 N–H and O–H groups in total. The van der Waals surface area contributed by atoms with Gasteiger partial charge in [0.15, 0.2) is 0 Å². The largest absolute Gasteiger partial charge is 0.477 e. The van der Waals surface area contributed by atoms with Gasteiger partial charge in [-0.15, -0.1) is 0 Å². The average Bonchev–Trinajstić information content (AvgIpc) is 2.25. The van der Waals surface area contributed by atoms with Crippen LogP contribution in [0, 0.1) is 0 Å². The van der Waals surface area contributed by atoms with Gasteiger partial charge in [0.25, 0.3) is 0 Å². The van der Waals surface area contributed by atoms with Gasteiger partial charge in [0.2, 0.25) is 0 Å². The molecule has 1 aromatic rings. The Morgan fingerprint density at radius 1 is 1.12 bits per heavy atom. The van der Waals surface area contributed by atoms with Gasteiger partial charge in [0.05, 0.1) is 22.9 Å². The number of nitrogens with one attached hydrogen (secondary N) is 1. The SMILES string of the molecule is O=C(O)C(=Cc1ccc(NI)cc1)C(=O)O. The third-order valence-corrected chi connectivity index (χ3v) is 2.41. The molecule has 0 aromatic heterocycles. The minimum Gasteiger partial charge on any atom is -0.477 e. The topological polar surface area (TPSA) is 86.6 Å². The van der Waals surface area contributed by atoms with Crippen molar-refractivity contribution < 1.29 is 19.8 Å². The molecule has 0 saturated carbocycles. The predicted molar refractivity (Wildman–Crippen MR) is 67.3 cm³/mol. The Labute approximate surface area is 105 Å². The molecule has 0 unspecified atom stereocenters. The molecule has 0 bridgehead atoms. The van der Waals surface area contributed by atoms with Gasteiger partial charge in [-0.05, 0) is 23.8 Å². The number of carbonyl (C=O) groups is 2. The van der Waals surface area contributed by atoms with Crippen LogP contribution in [0.2, 0.25) is 0 Å². The molecular weight excluding hydrogens is 325 g/mol. The van der Waals surface area contributed by atoms with E-state index in [2.05, 4.69) is 3.53 Å². The second-order valence-corrected chi connectivity index (χ2v) is 3.42. The quantitative estimate of drug-likeness (QED) is 0.258. The Kier molecular flexibility index (Phi) is 4.29. The molecule has 0 saturated heterocycles. The number of carboxylic acid groups (broad SMARTS) is 2. The molecule has 0 fully saturated rings. The third-order valence-electron chi connectivity index (χ3n) is 1.79. The van der Waals surface area contributed by atoms with Crippen molar-refractivity contribution >= 4 is 46.6 Å². The van der Waals surface area contributed by atoms with Gasteiger partial charge in [0.1, 0.15) is 5.57 Å². The number of halogens is 1. The van der Waals surface area contributed by atoms with E-state index in [0.717, 1.165) is 11.8 Å². The van der Waals surface area contributed by atoms with E-state index in [4.69, 9.17) is 10.2 Å². The van der Waals surface area contributed by atoms with Crippen molar-refractivity contribution in [2.24, 2.45) is 0 Å². The van der Waals surface area contributed by atoms with E-state index in [-0.39, 0.29) is 0 Å². The normalized spacial score (nSPS) is 9.31. The highest BCUT2D eigenvalue weighted by atomic mass is 127. The van der Waals surface area contributed by atoms with Gasteiger partial charge >= 0.3 is 11.9 Å². The number of hydrogen-bond acceptors (Lipinski definition) is 3. The average molecular weight is 333 g/mol. The number of aliphatic carboxylic acids is 2. The Morgan fingerprint density at radius 3 is 2.00 bits per heavy atom. The highest BCUT2D eigenvalue weighted by molar-refractivity contribution is 14.1. The summed E-state index contributed by atoms with van der Waals surface area (Å²) in [6, 6.07) is 6.71. The molecule has 16 heavy (non-hydrogen) atoms. The van der Waals surface area contributed by atoms with Crippen LogP contribution in [0.15, 0.2) is 29.8 Å². The molecule has 1 aromatic carbocycles. The lowest BCUT2D eigenvalue weighted by Crippen LogP contribution is -2.10. The molecule has 84 valence electrons. The lowest BCUT2D eigenvalue weighted by atomic mass is 10.1. The van der Waals surface area contributed by atoms with Crippen LogP contribution in [-0.4, -0.2) is 22.2 Å². The molecular formula is C10H8INO4. The molecule has 0 amide bonds. The molecule has 1 rings (SSSR count). The summed E-state index contributed by atoms with van der Waals surface area (Å²) in [6.07, 6.45) is 1.11. The smallest absolute Gasteiger partial charge is 0.343 e. The van der Waals surface area contributed by atoms with Crippen molar-refractivity contribution in [2.45, 2.75) is 0 Å². The van der Waals surface area contributed by atoms with Crippen LogP contribution < -0.4 is 3.53 Å². The second-order valence-electron chi connectivity index (χ2n) is 2.88. The molecule has 0 aliphatic heterocycles. The first-order valence-corrected chi connectivity index (χ1v) is 5.27.